The van der Waals surface area contributed by atoms with Gasteiger partial charge in [0.2, 0.25) is 5.91 Å². The summed E-state index contributed by atoms with van der Waals surface area (Å²) in [7, 11) is 0. The van der Waals surface area contributed by atoms with Crippen molar-refractivity contribution >= 4 is 23.2 Å². The lowest BCUT2D eigenvalue weighted by Gasteiger charge is -2.35. The fraction of sp³-hybridized carbons (Fsp3) is 0.571. The SMILES string of the molecule is CC(C)(N)C(=O)N1CCC(NC(=O)c2ccsc2)CC1. The third kappa shape index (κ3) is 3.58. The maximum absolute atomic E-state index is 12.1. The van der Waals surface area contributed by atoms with Crippen LogP contribution in [0.25, 0.3) is 0 Å². The Hall–Kier alpha value is -1.40. The van der Waals surface area contributed by atoms with Gasteiger partial charge in [-0.1, -0.05) is 0 Å². The number of rotatable bonds is 3. The van der Waals surface area contributed by atoms with Crippen LogP contribution in [0.4, 0.5) is 0 Å². The van der Waals surface area contributed by atoms with E-state index < -0.39 is 5.54 Å². The van der Waals surface area contributed by atoms with Crippen LogP contribution in [-0.2, 0) is 4.79 Å². The van der Waals surface area contributed by atoms with Crippen LogP contribution in [0.5, 0.6) is 0 Å². The van der Waals surface area contributed by atoms with Crippen molar-refractivity contribution in [1.82, 2.24) is 10.2 Å². The summed E-state index contributed by atoms with van der Waals surface area (Å²) in [5.41, 5.74) is 5.71. The molecule has 0 bridgehead atoms. The van der Waals surface area contributed by atoms with E-state index in [9.17, 15) is 9.59 Å². The molecule has 110 valence electrons. The molecule has 2 rings (SSSR count). The normalized spacial score (nSPS) is 17.1. The van der Waals surface area contributed by atoms with Gasteiger partial charge in [0.25, 0.3) is 5.91 Å². The van der Waals surface area contributed by atoms with E-state index in [-0.39, 0.29) is 17.9 Å². The number of carbonyl (C=O) groups excluding carboxylic acids is 2. The molecular formula is C14H21N3O2S. The minimum atomic E-state index is -0.827. The largest absolute Gasteiger partial charge is 0.349 e. The third-order valence-corrected chi connectivity index (χ3v) is 4.14. The van der Waals surface area contributed by atoms with Crippen molar-refractivity contribution in [3.05, 3.63) is 22.4 Å². The quantitative estimate of drug-likeness (QED) is 0.880. The first-order chi connectivity index (χ1) is 9.38. The highest BCUT2D eigenvalue weighted by Crippen LogP contribution is 2.15. The van der Waals surface area contributed by atoms with Gasteiger partial charge in [0.05, 0.1) is 5.54 Å². The maximum atomic E-state index is 12.1. The number of likely N-dealkylation sites (tertiary alicyclic amines) is 1. The lowest BCUT2D eigenvalue weighted by Crippen LogP contribution is -2.55. The number of hydrogen-bond donors (Lipinski definition) is 2. The number of nitrogens with one attached hydrogen (secondary N) is 1. The van der Waals surface area contributed by atoms with Crippen molar-refractivity contribution in [3.8, 4) is 0 Å². The van der Waals surface area contributed by atoms with Crippen LogP contribution >= 0.6 is 11.3 Å². The predicted molar refractivity (Wildman–Crippen MR) is 79.7 cm³/mol. The first-order valence-electron chi connectivity index (χ1n) is 6.79. The summed E-state index contributed by atoms with van der Waals surface area (Å²) < 4.78 is 0. The molecule has 1 aromatic heterocycles. The Balaban J connectivity index is 1.83. The minimum absolute atomic E-state index is 0.0277. The van der Waals surface area contributed by atoms with Crippen LogP contribution < -0.4 is 11.1 Å². The highest BCUT2D eigenvalue weighted by atomic mass is 32.1. The van der Waals surface area contributed by atoms with Crippen LogP contribution in [0.2, 0.25) is 0 Å². The van der Waals surface area contributed by atoms with Crippen LogP contribution in [0, 0.1) is 0 Å². The molecule has 0 saturated carbocycles. The Labute approximate surface area is 123 Å². The van der Waals surface area contributed by atoms with Gasteiger partial charge < -0.3 is 16.0 Å². The van der Waals surface area contributed by atoms with E-state index in [1.165, 1.54) is 11.3 Å². The standard InChI is InChI=1S/C14H21N3O2S/c1-14(2,15)13(19)17-6-3-11(4-7-17)16-12(18)10-5-8-20-9-10/h5,8-9,11H,3-4,6-7,15H2,1-2H3,(H,16,18). The molecule has 0 atom stereocenters. The smallest absolute Gasteiger partial charge is 0.252 e. The lowest BCUT2D eigenvalue weighted by molar-refractivity contribution is -0.136. The second kappa shape index (κ2) is 5.93. The average Bonchev–Trinajstić information content (AvgIpc) is 2.91. The lowest BCUT2D eigenvalue weighted by atomic mass is 10.00. The molecule has 1 aromatic rings. The predicted octanol–water partition coefficient (Wildman–Crippen LogP) is 1.21. The van der Waals surface area contributed by atoms with Crippen LogP contribution in [-0.4, -0.2) is 41.4 Å². The van der Waals surface area contributed by atoms with Gasteiger partial charge in [0, 0.05) is 30.1 Å². The fourth-order valence-corrected chi connectivity index (χ4v) is 2.93. The van der Waals surface area contributed by atoms with Crippen molar-refractivity contribution in [2.75, 3.05) is 13.1 Å². The van der Waals surface area contributed by atoms with Crippen molar-refractivity contribution in [2.45, 2.75) is 38.3 Å². The van der Waals surface area contributed by atoms with Gasteiger partial charge in [0.15, 0.2) is 0 Å². The zero-order chi connectivity index (χ0) is 14.8. The molecule has 2 amide bonds. The molecule has 3 N–H and O–H groups in total. The summed E-state index contributed by atoms with van der Waals surface area (Å²) in [6.07, 6.45) is 1.55. The van der Waals surface area contributed by atoms with Crippen molar-refractivity contribution < 1.29 is 9.59 Å². The van der Waals surface area contributed by atoms with E-state index in [0.717, 1.165) is 12.8 Å². The van der Waals surface area contributed by atoms with Crippen LogP contribution in [0.1, 0.15) is 37.0 Å². The van der Waals surface area contributed by atoms with Gasteiger partial charge in [0.1, 0.15) is 0 Å². The topological polar surface area (TPSA) is 75.4 Å². The first-order valence-corrected chi connectivity index (χ1v) is 7.73. The molecule has 1 fully saturated rings. The molecule has 1 saturated heterocycles. The van der Waals surface area contributed by atoms with Crippen molar-refractivity contribution in [3.63, 3.8) is 0 Å². The Kier molecular flexibility index (Phi) is 4.45. The number of hydrogen-bond acceptors (Lipinski definition) is 4. The van der Waals surface area contributed by atoms with E-state index >= 15 is 0 Å². The highest BCUT2D eigenvalue weighted by Gasteiger charge is 2.31. The zero-order valence-electron chi connectivity index (χ0n) is 11.9. The third-order valence-electron chi connectivity index (χ3n) is 3.45. The Morgan fingerprint density at radius 1 is 1.40 bits per heavy atom. The number of amides is 2. The molecular weight excluding hydrogens is 274 g/mol. The van der Waals surface area contributed by atoms with Crippen molar-refractivity contribution in [1.29, 1.82) is 0 Å². The molecule has 0 unspecified atom stereocenters. The highest BCUT2D eigenvalue weighted by molar-refractivity contribution is 7.08. The van der Waals surface area contributed by atoms with E-state index in [4.69, 9.17) is 5.73 Å². The molecule has 1 aliphatic heterocycles. The maximum Gasteiger partial charge on any atom is 0.252 e. The summed E-state index contributed by atoms with van der Waals surface area (Å²) in [5.74, 6) is -0.0599. The van der Waals surface area contributed by atoms with E-state index in [2.05, 4.69) is 5.32 Å². The van der Waals surface area contributed by atoms with Gasteiger partial charge in [-0.05, 0) is 38.1 Å². The molecule has 0 aliphatic carbocycles. The summed E-state index contributed by atoms with van der Waals surface area (Å²) in [6.45, 7) is 4.74. The van der Waals surface area contributed by atoms with Gasteiger partial charge >= 0.3 is 0 Å². The van der Waals surface area contributed by atoms with Crippen LogP contribution in [0.15, 0.2) is 16.8 Å². The van der Waals surface area contributed by atoms with E-state index in [1.54, 1.807) is 18.7 Å². The number of nitrogens with two attached hydrogens (primary N) is 1. The number of nitrogens with zero attached hydrogens (tertiary/aromatic N) is 1. The van der Waals surface area contributed by atoms with E-state index in [0.29, 0.717) is 18.7 Å². The molecule has 6 heteroatoms. The summed E-state index contributed by atoms with van der Waals surface area (Å²) in [6, 6.07) is 1.95. The minimum Gasteiger partial charge on any atom is -0.349 e. The van der Waals surface area contributed by atoms with Gasteiger partial charge in [-0.15, -0.1) is 0 Å². The van der Waals surface area contributed by atoms with Crippen molar-refractivity contribution in [2.24, 2.45) is 5.73 Å². The zero-order valence-corrected chi connectivity index (χ0v) is 12.7. The Morgan fingerprint density at radius 2 is 2.05 bits per heavy atom. The Bertz CT molecular complexity index is 471. The van der Waals surface area contributed by atoms with Gasteiger partial charge in [-0.3, -0.25) is 9.59 Å². The van der Waals surface area contributed by atoms with Gasteiger partial charge in [-0.2, -0.15) is 11.3 Å². The number of carbonyl (C=O) groups is 2. The Morgan fingerprint density at radius 3 is 2.55 bits per heavy atom. The monoisotopic (exact) mass is 295 g/mol. The average molecular weight is 295 g/mol. The molecule has 5 nitrogen and oxygen atoms in total. The molecule has 2 heterocycles. The van der Waals surface area contributed by atoms with Gasteiger partial charge in [-0.25, -0.2) is 0 Å². The fourth-order valence-electron chi connectivity index (χ4n) is 2.30. The molecule has 0 spiro atoms. The summed E-state index contributed by atoms with van der Waals surface area (Å²) in [5, 5.41) is 6.74. The molecule has 0 radical (unpaired) electrons. The van der Waals surface area contributed by atoms with E-state index in [1.807, 2.05) is 16.8 Å². The molecule has 0 aromatic carbocycles. The second-order valence-electron chi connectivity index (χ2n) is 5.77. The summed E-state index contributed by atoms with van der Waals surface area (Å²) >= 11 is 1.51. The van der Waals surface area contributed by atoms with Crippen LogP contribution in [0.3, 0.4) is 0 Å². The number of piperidine rings is 1. The molecule has 20 heavy (non-hydrogen) atoms. The second-order valence-corrected chi connectivity index (χ2v) is 6.55. The number of thiophene rings is 1. The molecule has 1 aliphatic rings. The first kappa shape index (κ1) is 15.0. The summed E-state index contributed by atoms with van der Waals surface area (Å²) in [4.78, 5) is 25.8.